The van der Waals surface area contributed by atoms with Crippen molar-refractivity contribution in [3.05, 3.63) is 106 Å². The molecule has 10 nitrogen and oxygen atoms in total. The lowest BCUT2D eigenvalue weighted by Crippen LogP contribution is -2.44. The number of carbonyl (C=O) groups is 3. The molecule has 3 amide bonds. The summed E-state index contributed by atoms with van der Waals surface area (Å²) >= 11 is 0.715. The number of aromatic nitrogens is 1. The van der Waals surface area contributed by atoms with Crippen LogP contribution in [0.4, 0.5) is 10.1 Å². The van der Waals surface area contributed by atoms with E-state index in [1.54, 1.807) is 12.1 Å². The summed E-state index contributed by atoms with van der Waals surface area (Å²) < 4.78 is 28.6. The zero-order valence-electron chi connectivity index (χ0n) is 23.0. The molecule has 1 heterocycles. The lowest BCUT2D eigenvalue weighted by Gasteiger charge is -2.31. The lowest BCUT2D eigenvalue weighted by molar-refractivity contribution is -0.126. The number of ether oxygens (including phenoxy) is 2. The number of benzene rings is 3. The van der Waals surface area contributed by atoms with Crippen LogP contribution in [0.5, 0.6) is 11.5 Å². The van der Waals surface area contributed by atoms with E-state index in [4.69, 9.17) is 20.9 Å². The van der Waals surface area contributed by atoms with Crippen molar-refractivity contribution in [1.29, 1.82) is 0 Å². The van der Waals surface area contributed by atoms with Crippen molar-refractivity contribution >= 4 is 34.9 Å². The fourth-order valence-corrected chi connectivity index (χ4v) is 5.15. The summed E-state index contributed by atoms with van der Waals surface area (Å²) in [7, 11) is 3.04. The Morgan fingerprint density at radius 2 is 1.67 bits per heavy atom. The fraction of sp³-hybridized carbons (Fsp3) is 0.200. The van der Waals surface area contributed by atoms with Crippen molar-refractivity contribution in [2.24, 2.45) is 5.73 Å². The number of nitrogens with zero attached hydrogens (tertiary/aromatic N) is 2. The number of rotatable bonds is 12. The Kier molecular flexibility index (Phi) is 9.71. The highest BCUT2D eigenvalue weighted by Gasteiger charge is 2.34. The van der Waals surface area contributed by atoms with Gasteiger partial charge in [0.05, 0.1) is 19.9 Å². The summed E-state index contributed by atoms with van der Waals surface area (Å²) in [5.41, 5.74) is 13.1. The zero-order valence-corrected chi connectivity index (χ0v) is 23.8. The maximum Gasteiger partial charge on any atom is 0.270 e. The molecule has 42 heavy (non-hydrogen) atoms. The maximum atomic E-state index is 14.1. The van der Waals surface area contributed by atoms with E-state index in [1.807, 2.05) is 36.4 Å². The number of halogens is 1. The van der Waals surface area contributed by atoms with Crippen LogP contribution in [0.3, 0.4) is 0 Å². The second-order valence-corrected chi connectivity index (χ2v) is 10.0. The molecule has 1 atom stereocenters. The normalized spacial score (nSPS) is 11.4. The van der Waals surface area contributed by atoms with Crippen molar-refractivity contribution in [3.8, 4) is 11.5 Å². The molecule has 5 N–H and O–H groups in total. The molecule has 3 aromatic carbocycles. The van der Waals surface area contributed by atoms with E-state index in [1.165, 1.54) is 43.4 Å². The third-order valence-corrected chi connectivity index (χ3v) is 7.41. The Morgan fingerprint density at radius 1 is 0.976 bits per heavy atom. The molecule has 0 saturated carbocycles. The topological polar surface area (TPSA) is 150 Å². The van der Waals surface area contributed by atoms with Gasteiger partial charge in [0.2, 0.25) is 5.91 Å². The molecule has 0 spiro atoms. The smallest absolute Gasteiger partial charge is 0.270 e. The van der Waals surface area contributed by atoms with Gasteiger partial charge in [-0.1, -0.05) is 48.5 Å². The van der Waals surface area contributed by atoms with Gasteiger partial charge in [-0.15, -0.1) is 0 Å². The van der Waals surface area contributed by atoms with Gasteiger partial charge in [-0.3, -0.25) is 14.4 Å². The first-order valence-corrected chi connectivity index (χ1v) is 13.6. The SMILES string of the molecule is COc1ccc(CCN(C(=O)c2snc(C(N)=O)c2N)C(C(=O)NCc2ccccc2)c2ccc(F)cc2)cc1OC. The predicted octanol–water partition coefficient (Wildman–Crippen LogP) is 3.72. The standard InChI is InChI=1S/C30H30FN5O5S/c1-40-22-13-8-18(16-23(22)41-2)14-15-36(30(39)27-24(32)25(28(33)37)35-42-27)26(20-9-11-21(31)12-10-20)29(38)34-17-19-6-4-3-5-7-19/h3-13,16,26H,14-15,17,32H2,1-2H3,(H2,33,37)(H,34,38). The first-order chi connectivity index (χ1) is 20.2. The molecular weight excluding hydrogens is 561 g/mol. The van der Waals surface area contributed by atoms with E-state index in [0.29, 0.717) is 35.0 Å². The average molecular weight is 592 g/mol. The van der Waals surface area contributed by atoms with Crippen LogP contribution < -0.4 is 26.3 Å². The second kappa shape index (κ2) is 13.6. The summed E-state index contributed by atoms with van der Waals surface area (Å²) in [6.45, 7) is 0.238. The fourth-order valence-electron chi connectivity index (χ4n) is 4.39. The predicted molar refractivity (Wildman–Crippen MR) is 157 cm³/mol. The number of nitrogens with two attached hydrogens (primary N) is 2. The number of anilines is 1. The van der Waals surface area contributed by atoms with Crippen molar-refractivity contribution < 1.29 is 28.2 Å². The van der Waals surface area contributed by atoms with E-state index in [9.17, 15) is 18.8 Å². The molecule has 1 unspecified atom stereocenters. The minimum absolute atomic E-state index is 0.0400. The van der Waals surface area contributed by atoms with Gasteiger partial charge in [-0.25, -0.2) is 4.39 Å². The van der Waals surface area contributed by atoms with Crippen LogP contribution in [0.1, 0.15) is 42.9 Å². The molecule has 12 heteroatoms. The van der Waals surface area contributed by atoms with Crippen LogP contribution in [0.25, 0.3) is 0 Å². The Hall–Kier alpha value is -4.97. The van der Waals surface area contributed by atoms with E-state index in [0.717, 1.165) is 11.1 Å². The van der Waals surface area contributed by atoms with Gasteiger partial charge in [-0.2, -0.15) is 4.37 Å². The maximum absolute atomic E-state index is 14.1. The molecule has 218 valence electrons. The Bertz CT molecular complexity index is 1560. The number of hydrogen-bond donors (Lipinski definition) is 3. The third kappa shape index (κ3) is 6.84. The van der Waals surface area contributed by atoms with Crippen LogP contribution in [-0.2, 0) is 17.8 Å². The molecule has 1 aromatic heterocycles. The number of nitrogens with one attached hydrogen (secondary N) is 1. The summed E-state index contributed by atoms with van der Waals surface area (Å²) in [5.74, 6) is -1.47. The molecule has 0 fully saturated rings. The average Bonchev–Trinajstić information content (AvgIpc) is 3.40. The van der Waals surface area contributed by atoms with Gasteiger partial charge in [-0.05, 0) is 58.9 Å². The van der Waals surface area contributed by atoms with Gasteiger partial charge in [0.15, 0.2) is 17.2 Å². The zero-order chi connectivity index (χ0) is 30.2. The first-order valence-electron chi connectivity index (χ1n) is 12.9. The van der Waals surface area contributed by atoms with E-state index in [2.05, 4.69) is 9.69 Å². The highest BCUT2D eigenvalue weighted by Crippen LogP contribution is 2.31. The highest BCUT2D eigenvalue weighted by atomic mass is 32.1. The Morgan fingerprint density at radius 3 is 2.29 bits per heavy atom. The number of nitrogen functional groups attached to an aromatic ring is 1. The van der Waals surface area contributed by atoms with Gasteiger partial charge in [0.25, 0.3) is 11.8 Å². The number of primary amides is 1. The molecule has 0 bridgehead atoms. The van der Waals surface area contributed by atoms with Gasteiger partial charge in [0, 0.05) is 13.1 Å². The molecule has 0 aliphatic heterocycles. The van der Waals surface area contributed by atoms with Crippen molar-refractivity contribution in [1.82, 2.24) is 14.6 Å². The summed E-state index contributed by atoms with van der Waals surface area (Å²) in [6, 6.07) is 18.8. The van der Waals surface area contributed by atoms with Crippen LogP contribution in [0.15, 0.2) is 72.8 Å². The van der Waals surface area contributed by atoms with Gasteiger partial charge >= 0.3 is 0 Å². The van der Waals surface area contributed by atoms with Crippen LogP contribution in [0.2, 0.25) is 0 Å². The third-order valence-electron chi connectivity index (χ3n) is 6.56. The molecule has 0 aliphatic rings. The molecule has 0 saturated heterocycles. The van der Waals surface area contributed by atoms with Gasteiger partial charge < -0.3 is 31.2 Å². The molecule has 4 aromatic rings. The van der Waals surface area contributed by atoms with Crippen LogP contribution >= 0.6 is 11.5 Å². The lowest BCUT2D eigenvalue weighted by atomic mass is 10.0. The summed E-state index contributed by atoms with van der Waals surface area (Å²) in [5, 5.41) is 2.89. The Labute approximate surface area is 246 Å². The molecule has 0 aliphatic carbocycles. The van der Waals surface area contributed by atoms with Crippen LogP contribution in [-0.4, -0.2) is 47.8 Å². The minimum atomic E-state index is -1.18. The summed E-state index contributed by atoms with van der Waals surface area (Å²) in [6.07, 6.45) is 0.303. The first kappa shape index (κ1) is 30.0. The highest BCUT2D eigenvalue weighted by molar-refractivity contribution is 7.09. The summed E-state index contributed by atoms with van der Waals surface area (Å²) in [4.78, 5) is 41.0. The van der Waals surface area contributed by atoms with Crippen molar-refractivity contribution in [2.45, 2.75) is 19.0 Å². The Balaban J connectivity index is 1.74. The molecule has 4 rings (SSSR count). The number of hydrogen-bond acceptors (Lipinski definition) is 8. The largest absolute Gasteiger partial charge is 0.493 e. The van der Waals surface area contributed by atoms with Gasteiger partial charge in [0.1, 0.15) is 16.7 Å². The minimum Gasteiger partial charge on any atom is -0.493 e. The van der Waals surface area contributed by atoms with Crippen molar-refractivity contribution in [2.75, 3.05) is 26.5 Å². The van der Waals surface area contributed by atoms with E-state index >= 15 is 0 Å². The number of amides is 3. The van der Waals surface area contributed by atoms with E-state index < -0.39 is 29.6 Å². The number of methoxy groups -OCH3 is 2. The van der Waals surface area contributed by atoms with Crippen molar-refractivity contribution in [3.63, 3.8) is 0 Å². The molecule has 0 radical (unpaired) electrons. The molecular formula is C30H30FN5O5S. The monoisotopic (exact) mass is 591 g/mol. The quantitative estimate of drug-likeness (QED) is 0.227. The number of carbonyl (C=O) groups excluding carboxylic acids is 3. The van der Waals surface area contributed by atoms with Crippen LogP contribution in [0, 0.1) is 5.82 Å². The second-order valence-electron chi connectivity index (χ2n) is 9.23. The van der Waals surface area contributed by atoms with E-state index in [-0.39, 0.29) is 29.3 Å².